The summed E-state index contributed by atoms with van der Waals surface area (Å²) in [4.78, 5) is 0. The Labute approximate surface area is 138 Å². The minimum absolute atomic E-state index is 0.224. The van der Waals surface area contributed by atoms with E-state index in [0.29, 0.717) is 9.78 Å². The Balaban J connectivity index is 2.34. The molecule has 0 saturated heterocycles. The predicted octanol–water partition coefficient (Wildman–Crippen LogP) is 4.31. The second-order valence-electron chi connectivity index (χ2n) is 5.05. The highest BCUT2D eigenvalue weighted by Crippen LogP contribution is 2.43. The zero-order valence-corrected chi connectivity index (χ0v) is 14.4. The predicted molar refractivity (Wildman–Crippen MR) is 99.9 cm³/mol. The summed E-state index contributed by atoms with van der Waals surface area (Å²) >= 11 is 3.30. The van der Waals surface area contributed by atoms with E-state index in [4.69, 9.17) is 0 Å². The van der Waals surface area contributed by atoms with Crippen LogP contribution in [0.3, 0.4) is 0 Å². The van der Waals surface area contributed by atoms with Crippen molar-refractivity contribution in [2.45, 2.75) is 0 Å². The van der Waals surface area contributed by atoms with Crippen molar-refractivity contribution in [3.05, 3.63) is 89.2 Å². The lowest BCUT2D eigenvalue weighted by atomic mass is 10.3. The molecule has 0 unspecified atom stereocenters. The third-order valence-corrected chi connectivity index (χ3v) is 7.88. The van der Waals surface area contributed by atoms with E-state index in [1.807, 2.05) is 72.8 Å². The number of rotatable bonds is 3. The van der Waals surface area contributed by atoms with Crippen LogP contribution in [0.2, 0.25) is 0 Å². The molecule has 0 spiro atoms. The highest BCUT2D eigenvalue weighted by Gasteiger charge is 2.25. The third-order valence-electron chi connectivity index (χ3n) is 3.74. The first-order valence-corrected chi connectivity index (χ1v) is 9.70. The molecule has 0 atom stereocenters. The Hall–Kier alpha value is -1.63. The van der Waals surface area contributed by atoms with Crippen LogP contribution in [0.4, 0.5) is 4.39 Å². The molecule has 3 heteroatoms. The van der Waals surface area contributed by atoms with Gasteiger partial charge < -0.3 is 0 Å². The molecule has 3 aromatic rings. The van der Waals surface area contributed by atoms with Gasteiger partial charge in [0.25, 0.3) is 0 Å². The molecule has 0 aliphatic rings. The second kappa shape index (κ2) is 6.24. The summed E-state index contributed by atoms with van der Waals surface area (Å²) in [5, 5.41) is 2.80. The molecule has 3 rings (SSSR count). The average Bonchev–Trinajstić information content (AvgIpc) is 2.58. The van der Waals surface area contributed by atoms with Gasteiger partial charge in [0.15, 0.2) is 0 Å². The summed E-state index contributed by atoms with van der Waals surface area (Å²) in [6.45, 7) is -2.25. The maximum absolute atomic E-state index is 14.8. The minimum atomic E-state index is -2.25. The van der Waals surface area contributed by atoms with Crippen LogP contribution in [0.25, 0.3) is 0 Å². The molecule has 0 aliphatic carbocycles. The molecule has 0 fully saturated rings. The first-order chi connectivity index (χ1) is 10.6. The van der Waals surface area contributed by atoms with Gasteiger partial charge in [-0.1, -0.05) is 79.1 Å². The van der Waals surface area contributed by atoms with Crippen LogP contribution >= 0.6 is 22.8 Å². The lowest BCUT2D eigenvalue weighted by Gasteiger charge is -2.27. The van der Waals surface area contributed by atoms with Gasteiger partial charge in [0, 0.05) is 5.30 Å². The Morgan fingerprint density at radius 3 is 1.73 bits per heavy atom. The van der Waals surface area contributed by atoms with Crippen molar-refractivity contribution in [1.29, 1.82) is 0 Å². The normalized spacial score (nSPS) is 11.4. The fourth-order valence-electron chi connectivity index (χ4n) is 2.58. The van der Waals surface area contributed by atoms with Crippen LogP contribution in [0.5, 0.6) is 0 Å². The monoisotopic (exact) mass is 372 g/mol. The van der Waals surface area contributed by atoms with Gasteiger partial charge in [0.05, 0.1) is 4.47 Å². The van der Waals surface area contributed by atoms with Gasteiger partial charge in [0.2, 0.25) is 0 Å². The Morgan fingerprint density at radius 2 is 1.23 bits per heavy atom. The van der Waals surface area contributed by atoms with E-state index in [-0.39, 0.29) is 5.82 Å². The molecule has 0 aromatic heterocycles. The Morgan fingerprint density at radius 1 is 0.727 bits per heavy atom. The molecule has 0 saturated carbocycles. The van der Waals surface area contributed by atoms with Crippen LogP contribution < -0.4 is 15.9 Å². The standard InChI is InChI=1S/C19H15BrFP/c1-22(15-9-4-2-5-10-15,16-11-6-3-7-12-16)18-14-8-13-17(20)19(18)21/h2-14H,1H2. The molecule has 22 heavy (non-hydrogen) atoms. The summed E-state index contributed by atoms with van der Waals surface area (Å²) < 4.78 is 15.3. The van der Waals surface area contributed by atoms with Crippen LogP contribution in [-0.2, 0) is 0 Å². The van der Waals surface area contributed by atoms with Crippen molar-refractivity contribution >= 4 is 45.0 Å². The quantitative estimate of drug-likeness (QED) is 0.600. The van der Waals surface area contributed by atoms with Crippen molar-refractivity contribution in [2.75, 3.05) is 0 Å². The topological polar surface area (TPSA) is 0 Å². The molecule has 0 amide bonds. The van der Waals surface area contributed by atoms with Gasteiger partial charge in [-0.2, -0.15) is 0 Å². The molecular weight excluding hydrogens is 358 g/mol. The fraction of sp³-hybridized carbons (Fsp3) is 0. The Bertz CT molecular complexity index is 785. The van der Waals surface area contributed by atoms with E-state index in [1.165, 1.54) is 0 Å². The van der Waals surface area contributed by atoms with Crippen LogP contribution in [0, 0.1) is 5.82 Å². The maximum Gasteiger partial charge on any atom is 0.145 e. The zero-order valence-electron chi connectivity index (χ0n) is 11.9. The summed E-state index contributed by atoms with van der Waals surface area (Å²) in [6.07, 6.45) is 4.53. The lowest BCUT2D eigenvalue weighted by molar-refractivity contribution is 0.629. The van der Waals surface area contributed by atoms with Gasteiger partial charge in [0.1, 0.15) is 5.82 Å². The summed E-state index contributed by atoms with van der Waals surface area (Å²) in [7, 11) is 0. The molecule has 0 heterocycles. The number of hydrogen-bond acceptors (Lipinski definition) is 0. The first-order valence-electron chi connectivity index (χ1n) is 6.93. The maximum atomic E-state index is 14.8. The van der Waals surface area contributed by atoms with Crippen LogP contribution in [0.15, 0.2) is 83.3 Å². The van der Waals surface area contributed by atoms with E-state index in [0.717, 1.165) is 10.6 Å². The van der Waals surface area contributed by atoms with Crippen LogP contribution in [0.1, 0.15) is 0 Å². The molecule has 3 aromatic carbocycles. The van der Waals surface area contributed by atoms with Crippen molar-refractivity contribution in [3.63, 3.8) is 0 Å². The highest BCUT2D eigenvalue weighted by atomic mass is 79.9. The molecule has 0 radical (unpaired) electrons. The smallest absolute Gasteiger partial charge is 0.145 e. The lowest BCUT2D eigenvalue weighted by Crippen LogP contribution is -2.27. The Kier molecular flexibility index (Phi) is 4.33. The van der Waals surface area contributed by atoms with Crippen molar-refractivity contribution in [2.24, 2.45) is 0 Å². The highest BCUT2D eigenvalue weighted by molar-refractivity contribution is 9.10. The molecule has 0 aliphatic heterocycles. The SMILES string of the molecule is C=P(c1ccccc1)(c1ccccc1)c1cccc(Br)c1F. The van der Waals surface area contributed by atoms with E-state index in [1.54, 1.807) is 6.07 Å². The van der Waals surface area contributed by atoms with E-state index in [2.05, 4.69) is 22.2 Å². The van der Waals surface area contributed by atoms with Crippen molar-refractivity contribution in [1.82, 2.24) is 0 Å². The van der Waals surface area contributed by atoms with Gasteiger partial charge in [-0.25, -0.2) is 4.39 Å². The number of halogens is 2. The summed E-state index contributed by atoms with van der Waals surface area (Å²) in [5.74, 6) is -0.224. The van der Waals surface area contributed by atoms with Crippen molar-refractivity contribution in [3.8, 4) is 0 Å². The van der Waals surface area contributed by atoms with E-state index < -0.39 is 6.89 Å². The van der Waals surface area contributed by atoms with E-state index >= 15 is 0 Å². The first kappa shape index (κ1) is 15.3. The van der Waals surface area contributed by atoms with Crippen molar-refractivity contribution < 1.29 is 4.39 Å². The summed E-state index contributed by atoms with van der Waals surface area (Å²) in [6, 6.07) is 25.4. The van der Waals surface area contributed by atoms with Gasteiger partial charge in [-0.15, -0.1) is 0 Å². The van der Waals surface area contributed by atoms with Gasteiger partial charge in [-0.05, 0) is 39.5 Å². The second-order valence-corrected chi connectivity index (χ2v) is 9.04. The van der Waals surface area contributed by atoms with Crippen LogP contribution in [-0.4, -0.2) is 6.30 Å². The largest absolute Gasteiger partial charge is 0.205 e. The molecular formula is C19H15BrFP. The number of hydrogen-bond donors (Lipinski definition) is 0. The third kappa shape index (κ3) is 2.58. The molecule has 110 valence electrons. The zero-order chi connectivity index (χ0) is 15.6. The molecule has 0 N–H and O–H groups in total. The molecule has 0 bridgehead atoms. The van der Waals surface area contributed by atoms with Gasteiger partial charge in [-0.3, -0.25) is 0 Å². The fourth-order valence-corrected chi connectivity index (χ4v) is 6.11. The summed E-state index contributed by atoms with van der Waals surface area (Å²) in [5.41, 5.74) is 0. The average molecular weight is 373 g/mol. The minimum Gasteiger partial charge on any atom is -0.205 e. The number of benzene rings is 3. The molecule has 0 nitrogen and oxygen atoms in total. The van der Waals surface area contributed by atoms with Gasteiger partial charge >= 0.3 is 0 Å². The van der Waals surface area contributed by atoms with E-state index in [9.17, 15) is 4.39 Å².